The van der Waals surface area contributed by atoms with Gasteiger partial charge in [0.1, 0.15) is 29.9 Å². The Morgan fingerprint density at radius 2 is 1.63 bits per heavy atom. The lowest BCUT2D eigenvalue weighted by molar-refractivity contribution is -0.189. The van der Waals surface area contributed by atoms with Gasteiger partial charge in [0.2, 0.25) is 29.5 Å². The van der Waals surface area contributed by atoms with Crippen molar-refractivity contribution in [3.05, 3.63) is 106 Å². The number of fused-ring (bicyclic) bond motifs is 3. The van der Waals surface area contributed by atoms with Crippen LogP contribution in [0.3, 0.4) is 0 Å². The van der Waals surface area contributed by atoms with Crippen LogP contribution in [0.5, 0.6) is 0 Å². The van der Waals surface area contributed by atoms with Gasteiger partial charge in [0.15, 0.2) is 0 Å². The number of likely N-dealkylation sites (tertiary alicyclic amines) is 1. The molecular formula is C59H72F2N9O12P. The molecule has 0 radical (unpaired) electrons. The molecule has 8 N–H and O–H groups in total. The van der Waals surface area contributed by atoms with E-state index in [9.17, 15) is 47.1 Å². The van der Waals surface area contributed by atoms with Crippen LogP contribution in [-0.2, 0) is 50.7 Å². The third-order valence-corrected chi connectivity index (χ3v) is 16.2. The molecule has 6 atom stereocenters. The van der Waals surface area contributed by atoms with Gasteiger partial charge < -0.3 is 55.9 Å². The van der Waals surface area contributed by atoms with Crippen LogP contribution in [0.4, 0.5) is 8.78 Å². The molecule has 0 bridgehead atoms. The molecule has 4 aliphatic rings. The predicted molar refractivity (Wildman–Crippen MR) is 301 cm³/mol. The lowest BCUT2D eigenvalue weighted by atomic mass is 10.0. The number of hydrogen-bond donors (Lipinski definition) is 7. The molecule has 4 aliphatic heterocycles. The summed E-state index contributed by atoms with van der Waals surface area (Å²) in [5.74, 6) is 2.58. The number of aromatic nitrogens is 1. The maximum atomic E-state index is 14.5. The number of alkyl halides is 2. The number of rotatable bonds is 25. The molecule has 5 heterocycles. The average molecular weight is 1170 g/mol. The van der Waals surface area contributed by atoms with Crippen molar-refractivity contribution in [2.24, 2.45) is 5.73 Å². The number of nitrogens with two attached hydrogens (primary N) is 1. The lowest BCUT2D eigenvalue weighted by Crippen LogP contribution is -2.61. The maximum absolute atomic E-state index is 14.5. The summed E-state index contributed by atoms with van der Waals surface area (Å²) in [6.45, 7) is 1.47. The number of ether oxygens (including phenoxy) is 1. The van der Waals surface area contributed by atoms with Crippen molar-refractivity contribution in [2.75, 3.05) is 40.4 Å². The molecule has 4 aromatic rings. The third-order valence-electron chi connectivity index (χ3n) is 15.8. The van der Waals surface area contributed by atoms with Gasteiger partial charge in [-0.2, -0.15) is 8.78 Å². The van der Waals surface area contributed by atoms with Crippen LogP contribution in [0.15, 0.2) is 72.8 Å². The molecule has 1 aromatic heterocycles. The number of unbranched alkanes of at least 4 members (excludes halogenated alkanes) is 7. The molecule has 0 spiro atoms. The van der Waals surface area contributed by atoms with E-state index in [4.69, 9.17) is 20.3 Å². The number of primary amides is 1. The minimum absolute atomic E-state index is 0.0474. The first-order valence-electron chi connectivity index (χ1n) is 28.2. The fraction of sp³-hybridized carbons (Fsp3) is 0.492. The molecule has 21 nitrogen and oxygen atoms in total. The summed E-state index contributed by atoms with van der Waals surface area (Å²) >= 11 is 0. The van der Waals surface area contributed by atoms with Gasteiger partial charge in [-0.3, -0.25) is 43.3 Å². The van der Waals surface area contributed by atoms with Crippen LogP contribution < -0.4 is 21.7 Å². The first-order chi connectivity index (χ1) is 39.8. The Bertz CT molecular complexity index is 3100. The Balaban J connectivity index is 0.796. The summed E-state index contributed by atoms with van der Waals surface area (Å²) in [5.41, 5.74) is 8.02. The molecule has 8 rings (SSSR count). The summed E-state index contributed by atoms with van der Waals surface area (Å²) in [5, 5.41) is 8.78. The van der Waals surface area contributed by atoms with Crippen LogP contribution in [0.25, 0.3) is 10.9 Å². The number of piperidine rings is 1. The number of hydrogen-bond acceptors (Lipinski definition) is 13. The number of likely N-dealkylation sites (N-methyl/N-ethyl adjacent to an activating group) is 2. The van der Waals surface area contributed by atoms with E-state index < -0.39 is 80.0 Å². The molecule has 1 unspecified atom stereocenters. The van der Waals surface area contributed by atoms with Crippen molar-refractivity contribution in [1.29, 1.82) is 0 Å². The number of H-pyrrole nitrogens is 1. The van der Waals surface area contributed by atoms with E-state index in [1.807, 2.05) is 47.4 Å². The topological polar surface area (TPSA) is 286 Å². The molecular weight excluding hydrogens is 1100 g/mol. The number of imide groups is 1. The molecule has 0 aliphatic carbocycles. The molecule has 0 saturated carbocycles. The Morgan fingerprint density at radius 3 is 2.37 bits per heavy atom. The minimum atomic E-state index is -4.03. The smallest absolute Gasteiger partial charge is 0.379 e. The first kappa shape index (κ1) is 61.9. The second-order valence-corrected chi connectivity index (χ2v) is 22.4. The molecule has 444 valence electrons. The Labute approximate surface area is 481 Å². The molecule has 3 fully saturated rings. The van der Waals surface area contributed by atoms with Crippen LogP contribution in [0, 0.1) is 11.8 Å². The van der Waals surface area contributed by atoms with Gasteiger partial charge in [-0.15, -0.1) is 0 Å². The van der Waals surface area contributed by atoms with Crippen LogP contribution in [0.2, 0.25) is 0 Å². The summed E-state index contributed by atoms with van der Waals surface area (Å²) in [7, 11) is -0.115. The monoisotopic (exact) mass is 1170 g/mol. The average Bonchev–Trinajstić information content (AvgIpc) is 4.40. The van der Waals surface area contributed by atoms with Gasteiger partial charge in [-0.1, -0.05) is 80.3 Å². The highest BCUT2D eigenvalue weighted by Crippen LogP contribution is 2.42. The number of nitrogens with zero attached hydrogens (tertiary/aromatic N) is 4. The van der Waals surface area contributed by atoms with Crippen molar-refractivity contribution in [3.8, 4) is 11.8 Å². The number of carbonyl (C=O) groups is 8. The molecule has 8 amide bonds. The second kappa shape index (κ2) is 28.4. The van der Waals surface area contributed by atoms with E-state index in [-0.39, 0.29) is 80.2 Å². The normalized spacial score (nSPS) is 20.1. The van der Waals surface area contributed by atoms with Gasteiger partial charge in [-0.25, -0.2) is 4.52 Å². The number of carbonyl (C=O) groups excluding carboxylic acids is 8. The summed E-state index contributed by atoms with van der Waals surface area (Å²) < 4.78 is 39.1. The number of nitrogens with one attached hydrogen (secondary N) is 4. The summed E-state index contributed by atoms with van der Waals surface area (Å²) in [6.07, 6.45) is 4.92. The zero-order valence-corrected chi connectivity index (χ0v) is 47.5. The highest BCUT2D eigenvalue weighted by molar-refractivity contribution is 7.39. The second-order valence-electron chi connectivity index (χ2n) is 21.7. The van der Waals surface area contributed by atoms with Crippen LogP contribution in [0.1, 0.15) is 145 Å². The number of amides is 8. The zero-order valence-electron chi connectivity index (χ0n) is 46.6. The highest BCUT2D eigenvalue weighted by Gasteiger charge is 2.46. The summed E-state index contributed by atoms with van der Waals surface area (Å²) in [6, 6.07) is 14.3. The van der Waals surface area contributed by atoms with Crippen molar-refractivity contribution >= 4 is 66.8 Å². The van der Waals surface area contributed by atoms with Gasteiger partial charge >= 0.3 is 14.7 Å². The van der Waals surface area contributed by atoms with E-state index in [0.717, 1.165) is 78.7 Å². The van der Waals surface area contributed by atoms with E-state index in [0.29, 0.717) is 49.9 Å². The summed E-state index contributed by atoms with van der Waals surface area (Å²) in [4.78, 5) is 134. The molecule has 24 heteroatoms. The van der Waals surface area contributed by atoms with Crippen LogP contribution in [-0.4, -0.2) is 152 Å². The fourth-order valence-corrected chi connectivity index (χ4v) is 11.6. The van der Waals surface area contributed by atoms with Crippen molar-refractivity contribution in [3.63, 3.8) is 0 Å². The lowest BCUT2D eigenvalue weighted by Gasteiger charge is -2.38. The third kappa shape index (κ3) is 15.7. The van der Waals surface area contributed by atoms with Gasteiger partial charge in [0, 0.05) is 74.1 Å². The number of benzene rings is 3. The first-order valence-corrected chi connectivity index (χ1v) is 29.4. The minimum Gasteiger partial charge on any atom is -0.379 e. The molecule has 3 saturated heterocycles. The number of halogens is 2. The van der Waals surface area contributed by atoms with E-state index in [1.165, 1.54) is 24.1 Å². The molecule has 3 aromatic carbocycles. The van der Waals surface area contributed by atoms with Crippen molar-refractivity contribution < 1.29 is 66.2 Å². The van der Waals surface area contributed by atoms with Crippen LogP contribution >= 0.6 is 8.60 Å². The standard InChI is InChI=1S/C59H72F2N9O12P/c1-67-30-29-41-22-25-49(70(41)57(77)47(35-67)65-54(74)46-33-39-32-40(21-23-44(39)63-46)59(60,61)82-83(79)80)55(75)64-45(24-27-51(62)71)53(73)66-48(38-17-12-10-13-18-38)36-81-31-14-9-7-5-3-4-6-8-11-16-37-19-15-20-42-43(37)34-69(56(42)76)50-26-28-52(72)68(2)58(50)78/h10,12-13,15,17-21,23,32-33,41,45,47-50,63,79-80H,3-9,14,22,24-31,34-36H2,1-2H3,(H2,62,71)(H,64,75)(H,65,74)(H,66,73)/t41-,45+,47+,48-,49+,50?/m1/s1. The largest absolute Gasteiger partial charge is 0.389 e. The molecule has 83 heavy (non-hydrogen) atoms. The Hall–Kier alpha value is -7.19. The SMILES string of the molecule is CN1CC[C@H]2CC[C@@H](C(=O)N[C@@H](CCC(N)=O)C(=O)N[C@H](COCCCCCCCCCC#Cc3cccc4c3CN(C3CCC(=O)N(C)C3=O)C4=O)c3ccccc3)N2C(=O)[C@@H](NC(=O)c2cc3cc(C(F)(F)OP(O)O)ccc3[nH]2)C1. The van der Waals surface area contributed by atoms with E-state index >= 15 is 0 Å². The maximum Gasteiger partial charge on any atom is 0.389 e. The predicted octanol–water partition coefficient (Wildman–Crippen LogP) is 5.14. The number of aromatic amines is 1. The van der Waals surface area contributed by atoms with Gasteiger partial charge in [0.25, 0.3) is 17.7 Å². The van der Waals surface area contributed by atoms with Gasteiger partial charge in [0.05, 0.1) is 18.2 Å². The van der Waals surface area contributed by atoms with Gasteiger partial charge in [-0.05, 0) is 106 Å². The quantitative estimate of drug-likeness (QED) is 0.0196. The fourth-order valence-electron chi connectivity index (χ4n) is 11.3. The zero-order chi connectivity index (χ0) is 59.4. The Morgan fingerprint density at radius 1 is 0.880 bits per heavy atom. The van der Waals surface area contributed by atoms with Crippen molar-refractivity contribution in [1.82, 2.24) is 40.5 Å². The highest BCUT2D eigenvalue weighted by atomic mass is 31.2. The van der Waals surface area contributed by atoms with Crippen molar-refractivity contribution in [2.45, 2.75) is 145 Å². The Kier molecular flexibility index (Phi) is 21.2. The van der Waals surface area contributed by atoms with E-state index in [1.54, 1.807) is 18.0 Å². The van der Waals surface area contributed by atoms with E-state index in [2.05, 4.69) is 37.3 Å².